The quantitative estimate of drug-likeness (QED) is 0.873. The van der Waals surface area contributed by atoms with Crippen LogP contribution in [0.2, 0.25) is 5.02 Å². The summed E-state index contributed by atoms with van der Waals surface area (Å²) in [6, 6.07) is 6.25. The van der Waals surface area contributed by atoms with Gasteiger partial charge in [0.2, 0.25) is 0 Å². The van der Waals surface area contributed by atoms with Crippen LogP contribution in [0.1, 0.15) is 0 Å². The van der Waals surface area contributed by atoms with E-state index in [2.05, 4.69) is 15.3 Å². The SMILES string of the molecule is CNc1cc(-c2ccc(F)c(Cl)c2)ncn1. The molecule has 0 radical (unpaired) electrons. The van der Waals surface area contributed by atoms with Gasteiger partial charge in [-0.05, 0) is 18.2 Å². The Balaban J connectivity index is 2.46. The van der Waals surface area contributed by atoms with Crippen molar-refractivity contribution in [1.82, 2.24) is 9.97 Å². The minimum atomic E-state index is -0.437. The normalized spacial score (nSPS) is 10.2. The van der Waals surface area contributed by atoms with Gasteiger partial charge in [0.25, 0.3) is 0 Å². The highest BCUT2D eigenvalue weighted by molar-refractivity contribution is 6.31. The van der Waals surface area contributed by atoms with Crippen molar-refractivity contribution in [2.24, 2.45) is 0 Å². The van der Waals surface area contributed by atoms with Crippen LogP contribution in [0.4, 0.5) is 10.2 Å². The van der Waals surface area contributed by atoms with Gasteiger partial charge in [0.15, 0.2) is 0 Å². The molecule has 0 saturated heterocycles. The maximum Gasteiger partial charge on any atom is 0.141 e. The van der Waals surface area contributed by atoms with Gasteiger partial charge in [0.05, 0.1) is 10.7 Å². The van der Waals surface area contributed by atoms with Crippen LogP contribution in [-0.4, -0.2) is 17.0 Å². The van der Waals surface area contributed by atoms with Crippen molar-refractivity contribution in [2.45, 2.75) is 0 Å². The van der Waals surface area contributed by atoms with Crippen molar-refractivity contribution in [3.05, 3.63) is 41.4 Å². The molecule has 1 aromatic heterocycles. The third kappa shape index (κ3) is 2.12. The second-order valence-electron chi connectivity index (χ2n) is 3.17. The molecule has 0 amide bonds. The van der Waals surface area contributed by atoms with E-state index in [0.29, 0.717) is 11.5 Å². The van der Waals surface area contributed by atoms with Crippen LogP contribution in [0.3, 0.4) is 0 Å². The number of benzene rings is 1. The van der Waals surface area contributed by atoms with Gasteiger partial charge in [-0.1, -0.05) is 11.6 Å². The monoisotopic (exact) mass is 237 g/mol. The molecule has 1 aromatic carbocycles. The fraction of sp³-hybridized carbons (Fsp3) is 0.0909. The van der Waals surface area contributed by atoms with Crippen molar-refractivity contribution in [2.75, 3.05) is 12.4 Å². The summed E-state index contributed by atoms with van der Waals surface area (Å²) in [6.07, 6.45) is 1.44. The molecule has 5 heteroatoms. The van der Waals surface area contributed by atoms with Gasteiger partial charge in [0, 0.05) is 18.7 Å². The lowest BCUT2D eigenvalue weighted by Gasteiger charge is -2.04. The van der Waals surface area contributed by atoms with E-state index in [4.69, 9.17) is 11.6 Å². The summed E-state index contributed by atoms with van der Waals surface area (Å²) in [5.41, 5.74) is 1.45. The van der Waals surface area contributed by atoms with E-state index in [0.717, 1.165) is 5.56 Å². The highest BCUT2D eigenvalue weighted by Gasteiger charge is 2.05. The third-order valence-electron chi connectivity index (χ3n) is 2.14. The number of halogens is 2. The van der Waals surface area contributed by atoms with Gasteiger partial charge in [-0.2, -0.15) is 0 Å². The van der Waals surface area contributed by atoms with Crippen molar-refractivity contribution in [3.63, 3.8) is 0 Å². The number of aromatic nitrogens is 2. The van der Waals surface area contributed by atoms with E-state index in [-0.39, 0.29) is 5.02 Å². The summed E-state index contributed by atoms with van der Waals surface area (Å²) >= 11 is 5.70. The van der Waals surface area contributed by atoms with Crippen molar-refractivity contribution in [3.8, 4) is 11.3 Å². The molecule has 3 nitrogen and oxygen atoms in total. The van der Waals surface area contributed by atoms with Crippen LogP contribution in [0.25, 0.3) is 11.3 Å². The van der Waals surface area contributed by atoms with E-state index in [1.165, 1.54) is 12.4 Å². The smallest absolute Gasteiger partial charge is 0.141 e. The molecule has 0 spiro atoms. The van der Waals surface area contributed by atoms with Crippen molar-refractivity contribution < 1.29 is 4.39 Å². The summed E-state index contributed by atoms with van der Waals surface area (Å²) in [7, 11) is 1.77. The molecule has 0 fully saturated rings. The zero-order chi connectivity index (χ0) is 11.5. The molecule has 0 aliphatic rings. The molecule has 0 saturated carbocycles. The van der Waals surface area contributed by atoms with Gasteiger partial charge in [0.1, 0.15) is 18.0 Å². The summed E-state index contributed by atoms with van der Waals surface area (Å²) in [4.78, 5) is 8.09. The maximum atomic E-state index is 13.0. The lowest BCUT2D eigenvalue weighted by molar-refractivity contribution is 0.628. The molecule has 2 rings (SSSR count). The Kier molecular flexibility index (Phi) is 3.01. The zero-order valence-corrected chi connectivity index (χ0v) is 9.29. The standard InChI is InChI=1S/C11H9ClFN3/c1-14-11-5-10(15-6-16-11)7-2-3-9(13)8(12)4-7/h2-6H,1H3,(H,14,15,16). The highest BCUT2D eigenvalue weighted by atomic mass is 35.5. The Morgan fingerprint density at radius 2 is 2.06 bits per heavy atom. The molecule has 16 heavy (non-hydrogen) atoms. The molecule has 0 unspecified atom stereocenters. The second kappa shape index (κ2) is 4.45. The van der Waals surface area contributed by atoms with Crippen LogP contribution >= 0.6 is 11.6 Å². The van der Waals surface area contributed by atoms with Crippen LogP contribution in [0, 0.1) is 5.82 Å². The predicted molar refractivity (Wildman–Crippen MR) is 62.0 cm³/mol. The fourth-order valence-electron chi connectivity index (χ4n) is 1.31. The average molecular weight is 238 g/mol. The Hall–Kier alpha value is -1.68. The Bertz CT molecular complexity index is 516. The third-order valence-corrected chi connectivity index (χ3v) is 2.43. The van der Waals surface area contributed by atoms with Gasteiger partial charge >= 0.3 is 0 Å². The summed E-state index contributed by atoms with van der Waals surface area (Å²) < 4.78 is 13.0. The van der Waals surface area contributed by atoms with E-state index in [1.54, 1.807) is 25.2 Å². The number of anilines is 1. The number of hydrogen-bond acceptors (Lipinski definition) is 3. The van der Waals surface area contributed by atoms with Crippen molar-refractivity contribution in [1.29, 1.82) is 0 Å². The Morgan fingerprint density at radius 1 is 1.25 bits per heavy atom. The summed E-state index contributed by atoms with van der Waals surface area (Å²) in [5.74, 6) is 0.263. The van der Waals surface area contributed by atoms with Crippen LogP contribution in [0.15, 0.2) is 30.6 Å². The number of rotatable bonds is 2. The molecule has 82 valence electrons. The first-order chi connectivity index (χ1) is 7.70. The number of nitrogens with one attached hydrogen (secondary N) is 1. The summed E-state index contributed by atoms with van der Waals surface area (Å²) in [6.45, 7) is 0. The first-order valence-corrected chi connectivity index (χ1v) is 5.03. The van der Waals surface area contributed by atoms with Gasteiger partial charge in [-0.3, -0.25) is 0 Å². The highest BCUT2D eigenvalue weighted by Crippen LogP contribution is 2.24. The van der Waals surface area contributed by atoms with Crippen LogP contribution < -0.4 is 5.32 Å². The fourth-order valence-corrected chi connectivity index (χ4v) is 1.49. The molecule has 1 heterocycles. The molecular weight excluding hydrogens is 229 g/mol. The van der Waals surface area contributed by atoms with Crippen LogP contribution in [-0.2, 0) is 0 Å². The van der Waals surface area contributed by atoms with Crippen LogP contribution in [0.5, 0.6) is 0 Å². The first kappa shape index (κ1) is 10.8. The lowest BCUT2D eigenvalue weighted by atomic mass is 10.1. The van der Waals surface area contributed by atoms with Crippen molar-refractivity contribution >= 4 is 17.4 Å². The molecule has 2 aromatic rings. The van der Waals surface area contributed by atoms with E-state index in [1.807, 2.05) is 0 Å². The summed E-state index contributed by atoms with van der Waals surface area (Å²) in [5, 5.41) is 2.99. The average Bonchev–Trinajstić information content (AvgIpc) is 2.33. The Morgan fingerprint density at radius 3 is 2.75 bits per heavy atom. The minimum Gasteiger partial charge on any atom is -0.373 e. The lowest BCUT2D eigenvalue weighted by Crippen LogP contribution is -1.94. The second-order valence-corrected chi connectivity index (χ2v) is 3.57. The topological polar surface area (TPSA) is 37.8 Å². The molecule has 0 aliphatic carbocycles. The largest absolute Gasteiger partial charge is 0.373 e. The molecule has 0 aliphatic heterocycles. The predicted octanol–water partition coefficient (Wildman–Crippen LogP) is 2.98. The Labute approximate surface area is 97.3 Å². The number of hydrogen-bond donors (Lipinski definition) is 1. The minimum absolute atomic E-state index is 0.0853. The molecule has 0 bridgehead atoms. The maximum absolute atomic E-state index is 13.0. The van der Waals surface area contributed by atoms with E-state index >= 15 is 0 Å². The number of nitrogens with zero attached hydrogens (tertiary/aromatic N) is 2. The van der Waals surface area contributed by atoms with Gasteiger partial charge in [-0.25, -0.2) is 14.4 Å². The van der Waals surface area contributed by atoms with Gasteiger partial charge in [-0.15, -0.1) is 0 Å². The van der Waals surface area contributed by atoms with E-state index in [9.17, 15) is 4.39 Å². The van der Waals surface area contributed by atoms with E-state index < -0.39 is 5.82 Å². The molecular formula is C11H9ClFN3. The van der Waals surface area contributed by atoms with Gasteiger partial charge < -0.3 is 5.32 Å². The first-order valence-electron chi connectivity index (χ1n) is 4.66. The molecule has 0 atom stereocenters. The molecule has 1 N–H and O–H groups in total. The zero-order valence-electron chi connectivity index (χ0n) is 8.54.